The first-order valence-corrected chi connectivity index (χ1v) is 17.7. The van der Waals surface area contributed by atoms with Crippen molar-refractivity contribution in [2.45, 2.75) is 83.0 Å². The predicted molar refractivity (Wildman–Crippen MR) is 189 cm³/mol. The molecule has 250 valence electrons. The number of likely N-dealkylation sites (tertiary alicyclic amines) is 1. The molecule has 4 fully saturated rings. The third-order valence-corrected chi connectivity index (χ3v) is 10.5. The van der Waals surface area contributed by atoms with Gasteiger partial charge in [-0.25, -0.2) is 9.37 Å². The van der Waals surface area contributed by atoms with Crippen molar-refractivity contribution in [3.63, 3.8) is 0 Å². The van der Waals surface area contributed by atoms with Crippen LogP contribution in [0.1, 0.15) is 69.7 Å². The Bertz CT molecular complexity index is 1370. The summed E-state index contributed by atoms with van der Waals surface area (Å²) in [5.74, 6) is 2.01. The number of aromatic nitrogens is 1. The van der Waals surface area contributed by atoms with Crippen molar-refractivity contribution in [1.29, 1.82) is 0 Å². The number of pyridine rings is 1. The second-order valence-corrected chi connectivity index (χ2v) is 13.8. The Hall–Kier alpha value is -3.30. The number of aryl methyl sites for hydroxylation is 1. The average molecular weight is 631 g/mol. The van der Waals surface area contributed by atoms with Crippen LogP contribution in [-0.4, -0.2) is 103 Å². The maximum absolute atomic E-state index is 14.1. The summed E-state index contributed by atoms with van der Waals surface area (Å²) in [5, 5.41) is 7.08. The van der Waals surface area contributed by atoms with Gasteiger partial charge in [0, 0.05) is 78.0 Å². The number of rotatable bonds is 12. The standard InChI is InChI=1S/C37H55FN8/c1-6-32-33(40-18-15-36(42(4)5)46-19-9-12-35(46)28-10-8-11-29(38)24-28)25-34(39-7-2)37(41-32)43-20-16-30(17-21-43)44-22-23-45(27(3)26-44)31-13-14-31/h7-8,10-11,15,24-25,27,30-31,35,39-40H,2,6,9,12-14,16-23,26H2,1,3-5H3/b36-15+. The predicted octanol–water partition coefficient (Wildman–Crippen LogP) is 6.13. The second-order valence-electron chi connectivity index (χ2n) is 13.8. The third kappa shape index (κ3) is 7.31. The molecule has 2 atom stereocenters. The van der Waals surface area contributed by atoms with Gasteiger partial charge < -0.3 is 25.3 Å². The van der Waals surface area contributed by atoms with Crippen LogP contribution in [0.15, 0.2) is 55.0 Å². The lowest BCUT2D eigenvalue weighted by molar-refractivity contribution is 0.0429. The summed E-state index contributed by atoms with van der Waals surface area (Å²) in [6.45, 7) is 15.9. The minimum Gasteiger partial charge on any atom is -0.380 e. The number of benzene rings is 1. The van der Waals surface area contributed by atoms with Crippen LogP contribution in [0.3, 0.4) is 0 Å². The molecular formula is C37H55FN8. The Balaban J connectivity index is 1.12. The first-order valence-electron chi connectivity index (χ1n) is 17.7. The minimum absolute atomic E-state index is 0.172. The van der Waals surface area contributed by atoms with E-state index >= 15 is 0 Å². The Morgan fingerprint density at radius 2 is 1.83 bits per heavy atom. The van der Waals surface area contributed by atoms with Crippen molar-refractivity contribution >= 4 is 17.2 Å². The topological polar surface area (TPSA) is 53.2 Å². The number of piperazine rings is 1. The molecule has 0 bridgehead atoms. The summed E-state index contributed by atoms with van der Waals surface area (Å²) < 4.78 is 14.1. The summed E-state index contributed by atoms with van der Waals surface area (Å²) in [5.41, 5.74) is 4.17. The number of anilines is 3. The van der Waals surface area contributed by atoms with E-state index in [0.717, 1.165) is 79.2 Å². The van der Waals surface area contributed by atoms with E-state index in [1.807, 2.05) is 12.1 Å². The van der Waals surface area contributed by atoms with Crippen LogP contribution in [0.25, 0.3) is 0 Å². The van der Waals surface area contributed by atoms with Gasteiger partial charge in [0.2, 0.25) is 0 Å². The maximum Gasteiger partial charge on any atom is 0.152 e. The molecule has 6 rings (SSSR count). The first-order chi connectivity index (χ1) is 22.4. The SMILES string of the molecule is C=CNc1cc(NC/C=C(\N(C)C)N2CCCC2c2cccc(F)c2)c(CC)nc1N1CCC(N2CCN(C3CC3)C(C)C2)CC1. The molecule has 9 heteroatoms. The highest BCUT2D eigenvalue weighted by Gasteiger charge is 2.37. The van der Waals surface area contributed by atoms with E-state index in [9.17, 15) is 4.39 Å². The fraction of sp³-hybridized carbons (Fsp3) is 0.595. The molecular weight excluding hydrogens is 575 g/mol. The molecule has 1 aliphatic carbocycles. The molecule has 2 N–H and O–H groups in total. The quantitative estimate of drug-likeness (QED) is 0.291. The summed E-state index contributed by atoms with van der Waals surface area (Å²) in [6.07, 6.45) is 12.1. The highest BCUT2D eigenvalue weighted by molar-refractivity contribution is 5.73. The fourth-order valence-electron chi connectivity index (χ4n) is 8.05. The number of piperidine rings is 1. The minimum atomic E-state index is -0.172. The molecule has 2 aromatic rings. The summed E-state index contributed by atoms with van der Waals surface area (Å²) in [7, 11) is 4.18. The van der Waals surface area contributed by atoms with Gasteiger partial charge in [-0.1, -0.05) is 25.6 Å². The van der Waals surface area contributed by atoms with Gasteiger partial charge in [0.1, 0.15) is 11.6 Å². The van der Waals surface area contributed by atoms with Gasteiger partial charge in [0.05, 0.1) is 23.1 Å². The lowest BCUT2D eigenvalue weighted by Gasteiger charge is -2.46. The molecule has 4 heterocycles. The van der Waals surface area contributed by atoms with Gasteiger partial charge in [-0.15, -0.1) is 0 Å². The lowest BCUT2D eigenvalue weighted by Crippen LogP contribution is -2.57. The zero-order chi connectivity index (χ0) is 32.2. The van der Waals surface area contributed by atoms with Crippen LogP contribution in [0.5, 0.6) is 0 Å². The van der Waals surface area contributed by atoms with E-state index in [0.29, 0.717) is 18.6 Å². The van der Waals surface area contributed by atoms with Gasteiger partial charge in [0.25, 0.3) is 0 Å². The number of hydrogen-bond acceptors (Lipinski definition) is 8. The van der Waals surface area contributed by atoms with E-state index in [1.165, 1.54) is 51.4 Å². The number of hydrogen-bond donors (Lipinski definition) is 2. The highest BCUT2D eigenvalue weighted by Crippen LogP contribution is 2.37. The summed E-state index contributed by atoms with van der Waals surface area (Å²) in [4.78, 5) is 17.8. The fourth-order valence-corrected chi connectivity index (χ4v) is 8.05. The molecule has 1 saturated carbocycles. The first kappa shape index (κ1) is 32.6. The van der Waals surface area contributed by atoms with Gasteiger partial charge in [-0.3, -0.25) is 9.80 Å². The summed E-state index contributed by atoms with van der Waals surface area (Å²) >= 11 is 0. The van der Waals surface area contributed by atoms with Crippen molar-refractivity contribution < 1.29 is 4.39 Å². The number of halogens is 1. The largest absolute Gasteiger partial charge is 0.380 e. The van der Waals surface area contributed by atoms with Gasteiger partial charge >= 0.3 is 0 Å². The molecule has 0 amide bonds. The van der Waals surface area contributed by atoms with Crippen molar-refractivity contribution in [3.8, 4) is 0 Å². The van der Waals surface area contributed by atoms with Gasteiger partial charge in [-0.2, -0.15) is 0 Å². The molecule has 3 aliphatic heterocycles. The maximum atomic E-state index is 14.1. The lowest BCUT2D eigenvalue weighted by atomic mass is 10.0. The van der Waals surface area contributed by atoms with Gasteiger partial charge in [-0.05, 0) is 87.9 Å². The zero-order valence-corrected chi connectivity index (χ0v) is 28.5. The smallest absolute Gasteiger partial charge is 0.152 e. The Kier molecular flexibility index (Phi) is 10.4. The van der Waals surface area contributed by atoms with E-state index in [2.05, 4.69) is 81.8 Å². The second kappa shape index (κ2) is 14.6. The Morgan fingerprint density at radius 1 is 1.02 bits per heavy atom. The van der Waals surface area contributed by atoms with Crippen molar-refractivity contribution in [2.75, 3.05) is 75.4 Å². The van der Waals surface area contributed by atoms with Crippen LogP contribution >= 0.6 is 0 Å². The Labute approximate surface area is 276 Å². The summed E-state index contributed by atoms with van der Waals surface area (Å²) in [6, 6.07) is 11.7. The van der Waals surface area contributed by atoms with Crippen molar-refractivity contribution in [1.82, 2.24) is 24.6 Å². The van der Waals surface area contributed by atoms with Crippen LogP contribution in [0.2, 0.25) is 0 Å². The van der Waals surface area contributed by atoms with Crippen molar-refractivity contribution in [3.05, 3.63) is 72.1 Å². The van der Waals surface area contributed by atoms with Gasteiger partial charge in [0.15, 0.2) is 5.82 Å². The molecule has 3 saturated heterocycles. The third-order valence-electron chi connectivity index (χ3n) is 10.5. The monoisotopic (exact) mass is 630 g/mol. The molecule has 0 spiro atoms. The van der Waals surface area contributed by atoms with E-state index < -0.39 is 0 Å². The molecule has 8 nitrogen and oxygen atoms in total. The van der Waals surface area contributed by atoms with E-state index in [4.69, 9.17) is 4.98 Å². The zero-order valence-electron chi connectivity index (χ0n) is 28.5. The number of nitrogens with one attached hydrogen (secondary N) is 2. The molecule has 1 aromatic heterocycles. The van der Waals surface area contributed by atoms with E-state index in [1.54, 1.807) is 12.3 Å². The molecule has 1 aromatic carbocycles. The molecule has 2 unspecified atom stereocenters. The molecule has 4 aliphatic rings. The average Bonchev–Trinajstić information content (AvgIpc) is 3.79. The van der Waals surface area contributed by atoms with Crippen LogP contribution in [0.4, 0.5) is 21.6 Å². The van der Waals surface area contributed by atoms with E-state index in [-0.39, 0.29) is 11.9 Å². The Morgan fingerprint density at radius 3 is 2.50 bits per heavy atom. The normalized spacial score (nSPS) is 23.5. The highest BCUT2D eigenvalue weighted by atomic mass is 19.1. The van der Waals surface area contributed by atoms with Crippen LogP contribution in [-0.2, 0) is 6.42 Å². The van der Waals surface area contributed by atoms with Crippen LogP contribution in [0, 0.1) is 5.82 Å². The van der Waals surface area contributed by atoms with Crippen LogP contribution < -0.4 is 15.5 Å². The molecule has 0 radical (unpaired) electrons. The number of nitrogens with zero attached hydrogens (tertiary/aromatic N) is 6. The molecule has 46 heavy (non-hydrogen) atoms. The van der Waals surface area contributed by atoms with Crippen molar-refractivity contribution in [2.24, 2.45) is 0 Å².